The first kappa shape index (κ1) is 19.8. The molecule has 146 valence electrons. The highest BCUT2D eigenvalue weighted by Gasteiger charge is 2.27. The second-order valence-electron chi connectivity index (χ2n) is 6.06. The molecule has 3 heterocycles. The van der Waals surface area contributed by atoms with Crippen molar-refractivity contribution in [2.24, 2.45) is 0 Å². The highest BCUT2D eigenvalue weighted by molar-refractivity contribution is 7.99. The van der Waals surface area contributed by atoms with Gasteiger partial charge in [-0.15, -0.1) is 11.8 Å². The minimum Gasteiger partial charge on any atom is -0.493 e. The predicted molar refractivity (Wildman–Crippen MR) is 109 cm³/mol. The van der Waals surface area contributed by atoms with Crippen molar-refractivity contribution in [2.45, 2.75) is 11.1 Å². The topological polar surface area (TPSA) is 96.9 Å². The van der Waals surface area contributed by atoms with E-state index in [0.29, 0.717) is 17.1 Å². The zero-order valence-electron chi connectivity index (χ0n) is 15.5. The number of rotatable bonds is 5. The van der Waals surface area contributed by atoms with E-state index in [2.05, 4.69) is 20.9 Å². The van der Waals surface area contributed by atoms with Crippen LogP contribution in [0.5, 0.6) is 11.5 Å². The molecule has 0 fully saturated rings. The monoisotopic (exact) mass is 399 g/mol. The van der Waals surface area contributed by atoms with Crippen LogP contribution in [0.3, 0.4) is 0 Å². The van der Waals surface area contributed by atoms with Gasteiger partial charge in [-0.2, -0.15) is 0 Å². The van der Waals surface area contributed by atoms with E-state index in [1.807, 2.05) is 36.3 Å². The van der Waals surface area contributed by atoms with Gasteiger partial charge in [-0.05, 0) is 30.3 Å². The Kier molecular flexibility index (Phi) is 5.91. The lowest BCUT2D eigenvalue weighted by Crippen LogP contribution is -2.13. The van der Waals surface area contributed by atoms with Crippen molar-refractivity contribution >= 4 is 23.4 Å². The first-order chi connectivity index (χ1) is 13.2. The van der Waals surface area contributed by atoms with Crippen molar-refractivity contribution in [1.82, 2.24) is 9.55 Å². The normalized spacial score (nSPS) is 14.7. The fourth-order valence-electron chi connectivity index (χ4n) is 3.15. The van der Waals surface area contributed by atoms with Gasteiger partial charge in [0.1, 0.15) is 5.37 Å². The van der Waals surface area contributed by atoms with Crippen molar-refractivity contribution in [3.8, 4) is 11.5 Å². The van der Waals surface area contributed by atoms with Gasteiger partial charge in [0.2, 0.25) is 0 Å². The molecule has 0 saturated carbocycles. The molecule has 0 saturated heterocycles. The maximum atomic E-state index is 12.7. The molecule has 4 rings (SSSR count). The van der Waals surface area contributed by atoms with E-state index >= 15 is 0 Å². The van der Waals surface area contributed by atoms with Crippen molar-refractivity contribution < 1.29 is 19.7 Å². The van der Waals surface area contributed by atoms with Crippen molar-refractivity contribution in [3.63, 3.8) is 0 Å². The Hall–Kier alpha value is -2.97. The second-order valence-corrected chi connectivity index (χ2v) is 7.13. The largest absolute Gasteiger partial charge is 0.493 e. The molecule has 0 radical (unpaired) electrons. The minimum atomic E-state index is -0.181. The summed E-state index contributed by atoms with van der Waals surface area (Å²) in [6.45, 7) is 0. The molecule has 7 nitrogen and oxygen atoms in total. The Morgan fingerprint density at radius 1 is 1.21 bits per heavy atom. The van der Waals surface area contributed by atoms with Crippen LogP contribution in [0.15, 0.2) is 55.0 Å². The van der Waals surface area contributed by atoms with Gasteiger partial charge < -0.3 is 24.8 Å². The maximum absolute atomic E-state index is 12.7. The van der Waals surface area contributed by atoms with E-state index in [1.54, 1.807) is 38.6 Å². The van der Waals surface area contributed by atoms with Gasteiger partial charge in [-0.25, -0.2) is 0 Å². The average Bonchev–Trinajstić information content (AvgIpc) is 3.31. The van der Waals surface area contributed by atoms with Crippen molar-refractivity contribution in [2.75, 3.05) is 19.5 Å². The molecule has 2 aromatic heterocycles. The van der Waals surface area contributed by atoms with Gasteiger partial charge >= 0.3 is 0 Å². The third-order valence-corrected chi connectivity index (χ3v) is 5.77. The van der Waals surface area contributed by atoms with Gasteiger partial charge in [-0.1, -0.05) is 6.07 Å². The van der Waals surface area contributed by atoms with Crippen LogP contribution in [-0.4, -0.2) is 35.2 Å². The number of aromatic nitrogens is 2. The number of methoxy groups -OCH3 is 2. The smallest absolute Gasteiger partial charge is 0.255 e. The van der Waals surface area contributed by atoms with E-state index in [4.69, 9.17) is 9.47 Å². The number of amides is 1. The lowest BCUT2D eigenvalue weighted by molar-refractivity contribution is 0.102. The van der Waals surface area contributed by atoms with E-state index in [9.17, 15) is 4.79 Å². The Labute approximate surface area is 167 Å². The Bertz CT molecular complexity index is 975. The van der Waals surface area contributed by atoms with Gasteiger partial charge in [0.15, 0.2) is 11.5 Å². The zero-order valence-corrected chi connectivity index (χ0v) is 16.3. The summed E-state index contributed by atoms with van der Waals surface area (Å²) in [5.74, 6) is 1.77. The van der Waals surface area contributed by atoms with E-state index in [1.165, 1.54) is 0 Å². The van der Waals surface area contributed by atoms with Gasteiger partial charge in [0.05, 0.1) is 25.6 Å². The number of carbonyl (C=O) groups is 1. The molecular weight excluding hydrogens is 378 g/mol. The molecule has 1 amide bonds. The number of pyridine rings is 1. The quantitative estimate of drug-likeness (QED) is 0.711. The molecule has 8 heteroatoms. The van der Waals surface area contributed by atoms with Gasteiger partial charge in [-0.3, -0.25) is 9.78 Å². The molecular formula is C20H21N3O4S. The molecule has 1 aromatic carbocycles. The molecule has 1 atom stereocenters. The summed E-state index contributed by atoms with van der Waals surface area (Å²) in [5.41, 5.74) is 3.59. The fourth-order valence-corrected chi connectivity index (χ4v) is 4.47. The number of carbonyl (C=O) groups excluding carboxylic acids is 1. The van der Waals surface area contributed by atoms with Crippen LogP contribution < -0.4 is 14.8 Å². The van der Waals surface area contributed by atoms with E-state index < -0.39 is 0 Å². The maximum Gasteiger partial charge on any atom is 0.255 e. The number of hydrogen-bond donors (Lipinski definition) is 1. The summed E-state index contributed by atoms with van der Waals surface area (Å²) >= 11 is 1.81. The summed E-state index contributed by atoms with van der Waals surface area (Å²) in [4.78, 5) is 16.9. The summed E-state index contributed by atoms with van der Waals surface area (Å²) in [5, 5.41) is 3.20. The van der Waals surface area contributed by atoms with E-state index in [0.717, 1.165) is 22.7 Å². The zero-order chi connectivity index (χ0) is 18.8. The third kappa shape index (κ3) is 3.56. The molecule has 0 spiro atoms. The molecule has 0 bridgehead atoms. The number of benzene rings is 1. The highest BCUT2D eigenvalue weighted by atomic mass is 32.2. The summed E-state index contributed by atoms with van der Waals surface area (Å²) < 4.78 is 12.7. The highest BCUT2D eigenvalue weighted by Crippen LogP contribution is 2.43. The lowest BCUT2D eigenvalue weighted by atomic mass is 10.2. The number of anilines is 1. The fraction of sp³-hybridized carbons (Fsp3) is 0.200. The first-order valence-electron chi connectivity index (χ1n) is 8.46. The Morgan fingerprint density at radius 3 is 2.75 bits per heavy atom. The number of nitrogens with one attached hydrogen (secondary N) is 1. The average molecular weight is 399 g/mol. The molecule has 0 aliphatic carbocycles. The predicted octanol–water partition coefficient (Wildman–Crippen LogP) is 3.12. The lowest BCUT2D eigenvalue weighted by Gasteiger charge is -2.12. The second kappa shape index (κ2) is 8.37. The van der Waals surface area contributed by atoms with Crippen LogP contribution in [0.4, 0.5) is 5.69 Å². The Balaban J connectivity index is 0.00000225. The van der Waals surface area contributed by atoms with Crippen LogP contribution in [-0.2, 0) is 5.75 Å². The molecule has 1 aliphatic rings. The van der Waals surface area contributed by atoms with Crippen LogP contribution in [0.2, 0.25) is 0 Å². The third-order valence-electron chi connectivity index (χ3n) is 4.52. The summed E-state index contributed by atoms with van der Waals surface area (Å²) in [7, 11) is 3.12. The Morgan fingerprint density at radius 2 is 2.04 bits per heavy atom. The summed E-state index contributed by atoms with van der Waals surface area (Å²) in [6.07, 6.45) is 5.67. The minimum absolute atomic E-state index is 0. The molecule has 1 unspecified atom stereocenters. The molecule has 3 aromatic rings. The van der Waals surface area contributed by atoms with Crippen LogP contribution in [0, 0.1) is 0 Å². The van der Waals surface area contributed by atoms with Crippen LogP contribution in [0.1, 0.15) is 27.0 Å². The first-order valence-corrected chi connectivity index (χ1v) is 9.50. The van der Waals surface area contributed by atoms with Gasteiger partial charge in [0, 0.05) is 35.5 Å². The number of hydrogen-bond acceptors (Lipinski definition) is 5. The van der Waals surface area contributed by atoms with E-state index in [-0.39, 0.29) is 16.8 Å². The molecule has 3 N–H and O–H groups in total. The van der Waals surface area contributed by atoms with Crippen molar-refractivity contribution in [1.29, 1.82) is 0 Å². The number of ether oxygens (including phenoxy) is 2. The van der Waals surface area contributed by atoms with Crippen molar-refractivity contribution in [3.05, 3.63) is 71.8 Å². The number of nitrogens with zero attached hydrogens (tertiary/aromatic N) is 2. The van der Waals surface area contributed by atoms with Gasteiger partial charge in [0.25, 0.3) is 5.91 Å². The SMILES string of the molecule is COc1ccc(C(=O)Nc2ccn3c2CSC3c2cccnc2)cc1OC.O. The standard InChI is InChI=1S/C20H19N3O3S.H2O/c1-25-17-6-5-13(10-18(17)26-2)19(24)22-15-7-9-23-16(15)12-27-20(23)14-4-3-8-21-11-14;/h3-11,20H,12H2,1-2H3,(H,22,24);1H2. The van der Waals surface area contributed by atoms with Crippen LogP contribution >= 0.6 is 11.8 Å². The molecule has 28 heavy (non-hydrogen) atoms. The number of thioether (sulfide) groups is 1. The molecule has 1 aliphatic heterocycles. The number of fused-ring (bicyclic) bond motifs is 1. The van der Waals surface area contributed by atoms with Crippen LogP contribution in [0.25, 0.3) is 0 Å². The summed E-state index contributed by atoms with van der Waals surface area (Å²) in [6, 6.07) is 11.1.